The Bertz CT molecular complexity index is 1660. The third-order valence-corrected chi connectivity index (χ3v) is 8.90. The third kappa shape index (κ3) is 7.87. The van der Waals surface area contributed by atoms with E-state index < -0.39 is 41.4 Å². The van der Waals surface area contributed by atoms with Crippen molar-refractivity contribution in [3.05, 3.63) is 64.6 Å². The largest absolute Gasteiger partial charge is 0.496 e. The summed E-state index contributed by atoms with van der Waals surface area (Å²) in [5, 5.41) is 14.5. The van der Waals surface area contributed by atoms with Crippen LogP contribution in [0.5, 0.6) is 5.75 Å². The maximum absolute atomic E-state index is 14.8. The van der Waals surface area contributed by atoms with Crippen molar-refractivity contribution in [1.82, 2.24) is 10.2 Å². The average Bonchev–Trinajstić information content (AvgIpc) is 3.10. The van der Waals surface area contributed by atoms with Gasteiger partial charge < -0.3 is 29.7 Å². The zero-order chi connectivity index (χ0) is 34.6. The van der Waals surface area contributed by atoms with Gasteiger partial charge in [0, 0.05) is 24.2 Å². The average molecular weight is 712 g/mol. The van der Waals surface area contributed by atoms with Gasteiger partial charge >= 0.3 is 6.09 Å². The van der Waals surface area contributed by atoms with Gasteiger partial charge in [-0.15, -0.1) is 0 Å². The Kier molecular flexibility index (Phi) is 11.2. The number of carboxylic acid groups (broad SMARTS) is 1. The van der Waals surface area contributed by atoms with E-state index in [2.05, 4.69) is 21.2 Å². The number of rotatable bonds is 10. The number of anilines is 2. The molecule has 4 rings (SSSR count). The van der Waals surface area contributed by atoms with Crippen LogP contribution >= 0.6 is 15.9 Å². The van der Waals surface area contributed by atoms with E-state index in [4.69, 9.17) is 9.47 Å². The Morgan fingerprint density at radius 3 is 2.36 bits per heavy atom. The molecule has 1 heterocycles. The molecule has 252 valence electrons. The summed E-state index contributed by atoms with van der Waals surface area (Å²) in [6.07, 6.45) is -1.01. The second-order valence-electron chi connectivity index (χ2n) is 12.9. The number of para-hydroxylation sites is 2. The molecule has 4 amide bonds. The number of carbonyl (C=O) groups is 4. The smallest absolute Gasteiger partial charge is 0.407 e. The fourth-order valence-corrected chi connectivity index (χ4v) is 6.38. The zero-order valence-electron chi connectivity index (χ0n) is 27.9. The van der Waals surface area contributed by atoms with Crippen LogP contribution < -0.4 is 19.9 Å². The molecule has 0 radical (unpaired) electrons. The molecule has 1 aliphatic heterocycles. The summed E-state index contributed by atoms with van der Waals surface area (Å²) >= 11 is 3.53. The second-order valence-corrected chi connectivity index (χ2v) is 13.8. The van der Waals surface area contributed by atoms with Crippen molar-refractivity contribution in [1.29, 1.82) is 0 Å². The quantitative estimate of drug-likeness (QED) is 0.272. The van der Waals surface area contributed by atoms with E-state index in [1.165, 1.54) is 19.1 Å². The Balaban J connectivity index is 1.88. The standard InChI is InChI=1S/C35H43BrN4O7/c1-21-31(37-32(42)28(19-35(2,3)4)38(5)34(44)45)33(43)39(26-10-8-9-11-27(26)40(21)30(41)16-17-46-6)20-25-24-14-13-23(36)18-22(24)12-15-29(25)47-7/h8-15,18,21,28,31H,16-17,19-20H2,1-7H3,(H,37,42)(H,44,45)/t21-,28-,31-/m0/s1. The summed E-state index contributed by atoms with van der Waals surface area (Å²) < 4.78 is 11.9. The third-order valence-electron chi connectivity index (χ3n) is 8.40. The number of hydrogen-bond acceptors (Lipinski definition) is 6. The number of benzene rings is 3. The minimum Gasteiger partial charge on any atom is -0.496 e. The van der Waals surface area contributed by atoms with Crippen LogP contribution in [0.2, 0.25) is 0 Å². The lowest BCUT2D eigenvalue weighted by Gasteiger charge is -2.35. The van der Waals surface area contributed by atoms with Crippen LogP contribution in [0.4, 0.5) is 16.2 Å². The SMILES string of the molecule is COCCC(=O)N1c2ccccc2N(Cc2c(OC)ccc3cc(Br)ccc23)C(=O)[C@@H](NC(=O)[C@H](CC(C)(C)C)N(C)C(=O)O)[C@@H]1C. The number of ether oxygens (including phenoxy) is 2. The number of carbonyl (C=O) groups excluding carboxylic acids is 3. The predicted octanol–water partition coefficient (Wildman–Crippen LogP) is 5.82. The molecule has 0 fully saturated rings. The molecule has 12 heteroatoms. The molecule has 0 saturated carbocycles. The number of halogens is 1. The lowest BCUT2D eigenvalue weighted by molar-refractivity contribution is -0.131. The summed E-state index contributed by atoms with van der Waals surface area (Å²) in [6, 6.07) is 13.6. The molecular weight excluding hydrogens is 668 g/mol. The summed E-state index contributed by atoms with van der Waals surface area (Å²) in [4.78, 5) is 58.7. The highest BCUT2D eigenvalue weighted by Crippen LogP contribution is 2.39. The van der Waals surface area contributed by atoms with Gasteiger partial charge in [0.25, 0.3) is 5.91 Å². The number of hydrogen-bond donors (Lipinski definition) is 2. The Morgan fingerprint density at radius 1 is 1.06 bits per heavy atom. The van der Waals surface area contributed by atoms with Crippen LogP contribution in [0.1, 0.15) is 46.1 Å². The van der Waals surface area contributed by atoms with Gasteiger partial charge in [-0.3, -0.25) is 19.3 Å². The first-order chi connectivity index (χ1) is 22.2. The molecule has 0 bridgehead atoms. The fraction of sp³-hybridized carbons (Fsp3) is 0.429. The Morgan fingerprint density at radius 2 is 1.74 bits per heavy atom. The first kappa shape index (κ1) is 35.7. The van der Waals surface area contributed by atoms with Crippen LogP contribution in [-0.2, 0) is 25.7 Å². The van der Waals surface area contributed by atoms with E-state index in [-0.39, 0.29) is 31.9 Å². The zero-order valence-corrected chi connectivity index (χ0v) is 29.5. The van der Waals surface area contributed by atoms with Crippen molar-refractivity contribution in [3.8, 4) is 5.75 Å². The summed E-state index contributed by atoms with van der Waals surface area (Å²) in [5.74, 6) is -0.798. The molecule has 47 heavy (non-hydrogen) atoms. The van der Waals surface area contributed by atoms with Crippen LogP contribution in [0.25, 0.3) is 10.8 Å². The van der Waals surface area contributed by atoms with Gasteiger partial charge in [-0.25, -0.2) is 4.79 Å². The summed E-state index contributed by atoms with van der Waals surface area (Å²) in [7, 11) is 4.41. The van der Waals surface area contributed by atoms with Crippen LogP contribution in [-0.4, -0.2) is 79.8 Å². The second kappa shape index (κ2) is 14.7. The number of nitrogens with zero attached hydrogens (tertiary/aromatic N) is 3. The number of nitrogens with one attached hydrogen (secondary N) is 1. The molecule has 2 N–H and O–H groups in total. The van der Waals surface area contributed by atoms with Crippen molar-refractivity contribution in [3.63, 3.8) is 0 Å². The van der Waals surface area contributed by atoms with Crippen LogP contribution in [0.15, 0.2) is 59.1 Å². The van der Waals surface area contributed by atoms with E-state index in [1.54, 1.807) is 43.2 Å². The molecule has 0 spiro atoms. The topological polar surface area (TPSA) is 129 Å². The fourth-order valence-electron chi connectivity index (χ4n) is 6.00. The minimum absolute atomic E-state index is 0.0461. The van der Waals surface area contributed by atoms with Crippen molar-refractivity contribution >= 4 is 61.9 Å². The molecule has 1 aliphatic rings. The lowest BCUT2D eigenvalue weighted by Crippen LogP contribution is -2.61. The first-order valence-corrected chi connectivity index (χ1v) is 16.2. The highest BCUT2D eigenvalue weighted by atomic mass is 79.9. The molecule has 0 unspecified atom stereocenters. The van der Waals surface area contributed by atoms with Gasteiger partial charge in [-0.05, 0) is 59.9 Å². The van der Waals surface area contributed by atoms with Gasteiger partial charge in [-0.1, -0.05) is 61.0 Å². The van der Waals surface area contributed by atoms with Gasteiger partial charge in [0.15, 0.2) is 0 Å². The maximum atomic E-state index is 14.8. The molecule has 3 atom stereocenters. The molecule has 0 aliphatic carbocycles. The number of likely N-dealkylation sites (N-methyl/N-ethyl adjacent to an activating group) is 1. The molecule has 3 aromatic rings. The van der Waals surface area contributed by atoms with Crippen molar-refractivity contribution in [2.75, 3.05) is 37.7 Å². The van der Waals surface area contributed by atoms with E-state index in [0.29, 0.717) is 17.1 Å². The van der Waals surface area contributed by atoms with Crippen molar-refractivity contribution in [2.24, 2.45) is 5.41 Å². The van der Waals surface area contributed by atoms with Gasteiger partial charge in [-0.2, -0.15) is 0 Å². The monoisotopic (exact) mass is 710 g/mol. The van der Waals surface area contributed by atoms with E-state index >= 15 is 0 Å². The molecule has 0 saturated heterocycles. The van der Waals surface area contributed by atoms with Crippen LogP contribution in [0.3, 0.4) is 0 Å². The van der Waals surface area contributed by atoms with E-state index in [1.807, 2.05) is 51.1 Å². The number of methoxy groups -OCH3 is 2. The van der Waals surface area contributed by atoms with Gasteiger partial charge in [0.1, 0.15) is 17.8 Å². The molecule has 11 nitrogen and oxygen atoms in total. The maximum Gasteiger partial charge on any atom is 0.407 e. The molecule has 3 aromatic carbocycles. The highest BCUT2D eigenvalue weighted by molar-refractivity contribution is 9.10. The lowest BCUT2D eigenvalue weighted by atomic mass is 9.87. The van der Waals surface area contributed by atoms with E-state index in [9.17, 15) is 24.3 Å². The number of amides is 4. The Labute approximate surface area is 283 Å². The van der Waals surface area contributed by atoms with Gasteiger partial charge in [0.2, 0.25) is 11.8 Å². The van der Waals surface area contributed by atoms with Crippen molar-refractivity contribution < 1.29 is 33.8 Å². The molecule has 0 aromatic heterocycles. The normalized spacial score (nSPS) is 17.1. The molecular formula is C35H43BrN4O7. The van der Waals surface area contributed by atoms with Crippen LogP contribution in [0, 0.1) is 5.41 Å². The predicted molar refractivity (Wildman–Crippen MR) is 185 cm³/mol. The number of fused-ring (bicyclic) bond motifs is 2. The van der Waals surface area contributed by atoms with Gasteiger partial charge in [0.05, 0.1) is 44.1 Å². The highest BCUT2D eigenvalue weighted by Gasteiger charge is 2.43. The summed E-state index contributed by atoms with van der Waals surface area (Å²) in [5.41, 5.74) is 1.32. The van der Waals surface area contributed by atoms with Crippen molar-refractivity contribution in [2.45, 2.75) is 65.2 Å². The Hall–Kier alpha value is -4.16. The minimum atomic E-state index is -1.27. The first-order valence-electron chi connectivity index (χ1n) is 15.4. The summed E-state index contributed by atoms with van der Waals surface area (Å²) in [6.45, 7) is 7.67. The van der Waals surface area contributed by atoms with E-state index in [0.717, 1.165) is 25.7 Å².